The Balaban J connectivity index is 0.00000182. The number of methoxy groups -OCH3 is 1. The Labute approximate surface area is 153 Å². The van der Waals surface area contributed by atoms with Crippen LogP contribution in [0.4, 0.5) is 0 Å². The lowest BCUT2D eigenvalue weighted by molar-refractivity contribution is -0.154. The van der Waals surface area contributed by atoms with Crippen molar-refractivity contribution in [1.82, 2.24) is 4.90 Å². The van der Waals surface area contributed by atoms with E-state index in [9.17, 15) is 9.59 Å². The van der Waals surface area contributed by atoms with Gasteiger partial charge in [0.25, 0.3) is 0 Å². The Morgan fingerprint density at radius 3 is 2.48 bits per heavy atom. The summed E-state index contributed by atoms with van der Waals surface area (Å²) in [6.45, 7) is 1.79. The average molecular weight is 364 g/mol. The number of hydrogen-bond donors (Lipinski definition) is 0. The van der Waals surface area contributed by atoms with E-state index < -0.39 is 5.92 Å². The van der Waals surface area contributed by atoms with E-state index in [1.54, 1.807) is 7.11 Å². The standard InChI is InChI=1S/C19H21NO4.ClH/c1-20-8-7-12-9-14(11-3-5-13(23-2)6-4-11)16-17(15(12)10-20)19(22)24-18(16)21;/h3-6,9,14-17H,7-8,10H2,1-2H3;1H. The van der Waals surface area contributed by atoms with E-state index in [0.717, 1.165) is 30.8 Å². The van der Waals surface area contributed by atoms with Crippen LogP contribution in [0.5, 0.6) is 5.75 Å². The van der Waals surface area contributed by atoms with Crippen molar-refractivity contribution in [3.8, 4) is 5.75 Å². The fourth-order valence-electron chi connectivity index (χ4n) is 4.38. The molecule has 2 fully saturated rings. The number of fused-ring (bicyclic) bond motifs is 3. The number of carbonyl (C=O) groups excluding carboxylic acids is 2. The number of piperidine rings is 1. The molecule has 3 aliphatic rings. The maximum atomic E-state index is 12.4. The highest BCUT2D eigenvalue weighted by Crippen LogP contribution is 2.49. The third-order valence-corrected chi connectivity index (χ3v) is 5.61. The van der Waals surface area contributed by atoms with Crippen molar-refractivity contribution in [2.75, 3.05) is 27.2 Å². The molecule has 0 bridgehead atoms. The summed E-state index contributed by atoms with van der Waals surface area (Å²) in [6.07, 6.45) is 3.15. The largest absolute Gasteiger partial charge is 0.497 e. The van der Waals surface area contributed by atoms with Crippen LogP contribution in [0.2, 0.25) is 0 Å². The van der Waals surface area contributed by atoms with Gasteiger partial charge < -0.3 is 14.4 Å². The van der Waals surface area contributed by atoms with Crippen LogP contribution in [0.15, 0.2) is 35.9 Å². The molecule has 1 aromatic carbocycles. The molecule has 1 aliphatic carbocycles. The van der Waals surface area contributed by atoms with E-state index in [0.29, 0.717) is 0 Å². The van der Waals surface area contributed by atoms with Gasteiger partial charge in [-0.25, -0.2) is 0 Å². The number of esters is 2. The van der Waals surface area contributed by atoms with Crippen molar-refractivity contribution in [2.45, 2.75) is 12.3 Å². The maximum absolute atomic E-state index is 12.4. The number of halogens is 1. The molecule has 0 amide bonds. The summed E-state index contributed by atoms with van der Waals surface area (Å²) in [5.74, 6) is -0.722. The minimum Gasteiger partial charge on any atom is -0.497 e. The van der Waals surface area contributed by atoms with Crippen LogP contribution >= 0.6 is 12.4 Å². The molecule has 134 valence electrons. The van der Waals surface area contributed by atoms with Crippen molar-refractivity contribution in [3.05, 3.63) is 41.5 Å². The van der Waals surface area contributed by atoms with Crippen molar-refractivity contribution < 1.29 is 19.1 Å². The Morgan fingerprint density at radius 2 is 1.80 bits per heavy atom. The summed E-state index contributed by atoms with van der Waals surface area (Å²) >= 11 is 0. The monoisotopic (exact) mass is 363 g/mol. The Kier molecular flexibility index (Phi) is 4.89. The second-order valence-corrected chi connectivity index (χ2v) is 6.95. The molecule has 2 aliphatic heterocycles. The third kappa shape index (κ3) is 2.96. The molecular weight excluding hydrogens is 342 g/mol. The molecule has 2 heterocycles. The van der Waals surface area contributed by atoms with E-state index in [1.165, 1.54) is 5.57 Å². The lowest BCUT2D eigenvalue weighted by atomic mass is 9.65. The van der Waals surface area contributed by atoms with Crippen molar-refractivity contribution >= 4 is 24.3 Å². The lowest BCUT2D eigenvalue weighted by Gasteiger charge is -2.41. The number of cyclic esters (lactones) is 2. The number of likely N-dealkylation sites (tertiary alicyclic amines) is 1. The molecular formula is C19H22ClNO4. The molecule has 0 radical (unpaired) electrons. The van der Waals surface area contributed by atoms with Gasteiger partial charge in [-0.3, -0.25) is 9.59 Å². The van der Waals surface area contributed by atoms with Gasteiger partial charge in [0.05, 0.1) is 18.9 Å². The van der Waals surface area contributed by atoms with Crippen LogP contribution in [0.3, 0.4) is 0 Å². The second-order valence-electron chi connectivity index (χ2n) is 6.95. The Bertz CT molecular complexity index is 715. The Hall–Kier alpha value is -1.85. The van der Waals surface area contributed by atoms with E-state index in [2.05, 4.69) is 18.0 Å². The minimum absolute atomic E-state index is 0. The molecule has 0 N–H and O–H groups in total. The van der Waals surface area contributed by atoms with Crippen LogP contribution in [0, 0.1) is 17.8 Å². The van der Waals surface area contributed by atoms with Crippen molar-refractivity contribution in [1.29, 1.82) is 0 Å². The van der Waals surface area contributed by atoms with Crippen LogP contribution in [-0.2, 0) is 14.3 Å². The molecule has 0 aromatic heterocycles. The summed E-state index contributed by atoms with van der Waals surface area (Å²) in [5, 5.41) is 0. The first kappa shape index (κ1) is 18.0. The number of ether oxygens (including phenoxy) is 2. The van der Waals surface area contributed by atoms with E-state index in [1.807, 2.05) is 24.3 Å². The van der Waals surface area contributed by atoms with E-state index in [-0.39, 0.29) is 42.1 Å². The van der Waals surface area contributed by atoms with Crippen LogP contribution in [0.25, 0.3) is 0 Å². The average Bonchev–Trinajstić information content (AvgIpc) is 2.89. The SMILES string of the molecule is COc1ccc(C2C=C3CCN(C)CC3C3C(=O)OC(=O)C23)cc1.Cl. The summed E-state index contributed by atoms with van der Waals surface area (Å²) in [5.41, 5.74) is 2.32. The summed E-state index contributed by atoms with van der Waals surface area (Å²) in [4.78, 5) is 26.9. The van der Waals surface area contributed by atoms with Gasteiger partial charge in [-0.15, -0.1) is 12.4 Å². The van der Waals surface area contributed by atoms with Gasteiger partial charge in [0.2, 0.25) is 0 Å². The molecule has 25 heavy (non-hydrogen) atoms. The van der Waals surface area contributed by atoms with Gasteiger partial charge >= 0.3 is 11.9 Å². The molecule has 4 unspecified atom stereocenters. The highest BCUT2D eigenvalue weighted by Gasteiger charge is 2.55. The van der Waals surface area contributed by atoms with Crippen LogP contribution in [-0.4, -0.2) is 44.1 Å². The molecule has 2 saturated heterocycles. The summed E-state index contributed by atoms with van der Waals surface area (Å²) in [7, 11) is 3.69. The zero-order chi connectivity index (χ0) is 16.8. The predicted octanol–water partition coefficient (Wildman–Crippen LogP) is 2.41. The van der Waals surface area contributed by atoms with Crippen molar-refractivity contribution in [2.24, 2.45) is 17.8 Å². The fraction of sp³-hybridized carbons (Fsp3) is 0.474. The topological polar surface area (TPSA) is 55.8 Å². The first-order chi connectivity index (χ1) is 11.6. The molecule has 4 rings (SSSR count). The Morgan fingerprint density at radius 1 is 1.12 bits per heavy atom. The lowest BCUT2D eigenvalue weighted by Crippen LogP contribution is -2.44. The van der Waals surface area contributed by atoms with Crippen LogP contribution < -0.4 is 4.74 Å². The second kappa shape index (κ2) is 6.81. The van der Waals surface area contributed by atoms with Gasteiger partial charge in [-0.2, -0.15) is 0 Å². The van der Waals surface area contributed by atoms with E-state index in [4.69, 9.17) is 9.47 Å². The highest BCUT2D eigenvalue weighted by molar-refractivity contribution is 5.98. The molecule has 6 heteroatoms. The number of carbonyl (C=O) groups is 2. The number of hydrogen-bond acceptors (Lipinski definition) is 5. The minimum atomic E-state index is -0.411. The highest BCUT2D eigenvalue weighted by atomic mass is 35.5. The zero-order valence-corrected chi connectivity index (χ0v) is 15.1. The summed E-state index contributed by atoms with van der Waals surface area (Å²) < 4.78 is 10.2. The first-order valence-electron chi connectivity index (χ1n) is 8.37. The van der Waals surface area contributed by atoms with Gasteiger partial charge in [0.1, 0.15) is 5.75 Å². The molecule has 0 saturated carbocycles. The van der Waals surface area contributed by atoms with Gasteiger partial charge in [-0.1, -0.05) is 23.8 Å². The molecule has 0 spiro atoms. The molecule has 5 nitrogen and oxygen atoms in total. The number of nitrogens with zero attached hydrogens (tertiary/aromatic N) is 1. The van der Waals surface area contributed by atoms with Gasteiger partial charge in [0, 0.05) is 24.9 Å². The van der Waals surface area contributed by atoms with Gasteiger partial charge in [0.15, 0.2) is 0 Å². The number of benzene rings is 1. The first-order valence-corrected chi connectivity index (χ1v) is 8.37. The summed E-state index contributed by atoms with van der Waals surface area (Å²) in [6, 6.07) is 7.74. The van der Waals surface area contributed by atoms with E-state index >= 15 is 0 Å². The van der Waals surface area contributed by atoms with Crippen LogP contribution in [0.1, 0.15) is 17.9 Å². The third-order valence-electron chi connectivity index (χ3n) is 5.61. The number of allylic oxidation sites excluding steroid dienone is 1. The van der Waals surface area contributed by atoms with Crippen molar-refractivity contribution in [3.63, 3.8) is 0 Å². The normalized spacial score (nSPS) is 31.4. The molecule has 1 aromatic rings. The number of rotatable bonds is 2. The quantitative estimate of drug-likeness (QED) is 0.459. The fourth-order valence-corrected chi connectivity index (χ4v) is 4.38. The molecule has 4 atom stereocenters. The predicted molar refractivity (Wildman–Crippen MR) is 94.7 cm³/mol. The maximum Gasteiger partial charge on any atom is 0.318 e. The smallest absolute Gasteiger partial charge is 0.318 e. The zero-order valence-electron chi connectivity index (χ0n) is 14.3. The van der Waals surface area contributed by atoms with Gasteiger partial charge in [-0.05, 0) is 31.2 Å².